The van der Waals surface area contributed by atoms with E-state index in [1.807, 2.05) is 11.6 Å². The molecule has 0 saturated heterocycles. The topological polar surface area (TPSA) is 17.8 Å². The van der Waals surface area contributed by atoms with Crippen LogP contribution >= 0.6 is 0 Å². The van der Waals surface area contributed by atoms with Gasteiger partial charge in [-0.25, -0.2) is 9.07 Å². The minimum absolute atomic E-state index is 0.248. The van der Waals surface area contributed by atoms with Crippen LogP contribution in [0.5, 0.6) is 0 Å². The van der Waals surface area contributed by atoms with E-state index in [4.69, 9.17) is 0 Å². The van der Waals surface area contributed by atoms with E-state index in [-0.39, 0.29) is 5.82 Å². The molecule has 0 atom stereocenters. The molecule has 0 unspecified atom stereocenters. The highest BCUT2D eigenvalue weighted by atomic mass is 19.1. The van der Waals surface area contributed by atoms with E-state index in [1.54, 1.807) is 12.1 Å². The minimum atomic E-state index is -0.248. The zero-order chi connectivity index (χ0) is 18.4. The maximum Gasteiger partial charge on any atom is 0.123 e. The molecule has 0 spiro atoms. The Bertz CT molecular complexity index is 1280. The molecule has 2 nitrogen and oxygen atoms in total. The number of nitrogens with zero attached hydrogens (tertiary/aromatic N) is 2. The molecule has 1 aromatic heterocycles. The van der Waals surface area contributed by atoms with Gasteiger partial charge in [-0.2, -0.15) is 5.10 Å². The number of rotatable bonds is 2. The van der Waals surface area contributed by atoms with Crippen molar-refractivity contribution in [1.82, 2.24) is 9.78 Å². The van der Waals surface area contributed by atoms with Gasteiger partial charge >= 0.3 is 0 Å². The van der Waals surface area contributed by atoms with Crippen molar-refractivity contribution in [3.05, 3.63) is 96.4 Å². The third-order valence-corrected chi connectivity index (χ3v) is 4.94. The molecule has 0 aliphatic heterocycles. The van der Waals surface area contributed by atoms with Gasteiger partial charge in [0.1, 0.15) is 5.82 Å². The van der Waals surface area contributed by atoms with Crippen LogP contribution in [0.15, 0.2) is 84.9 Å². The van der Waals surface area contributed by atoms with Gasteiger partial charge < -0.3 is 0 Å². The van der Waals surface area contributed by atoms with Crippen LogP contribution in [-0.2, 0) is 0 Å². The molecule has 0 aliphatic rings. The van der Waals surface area contributed by atoms with Crippen molar-refractivity contribution in [3.63, 3.8) is 0 Å². The second-order valence-corrected chi connectivity index (χ2v) is 6.78. The van der Waals surface area contributed by atoms with Gasteiger partial charge in [0.2, 0.25) is 0 Å². The van der Waals surface area contributed by atoms with Gasteiger partial charge in [0.25, 0.3) is 0 Å². The van der Waals surface area contributed by atoms with Crippen LogP contribution < -0.4 is 0 Å². The lowest BCUT2D eigenvalue weighted by atomic mass is 9.99. The Morgan fingerprint density at radius 1 is 0.741 bits per heavy atom. The van der Waals surface area contributed by atoms with Crippen molar-refractivity contribution in [2.24, 2.45) is 0 Å². The summed E-state index contributed by atoms with van der Waals surface area (Å²) >= 11 is 0. The summed E-state index contributed by atoms with van der Waals surface area (Å²) in [5.74, 6) is -0.248. The molecule has 0 aliphatic carbocycles. The number of halogens is 1. The molecular weight excluding hydrogens is 335 g/mol. The lowest BCUT2D eigenvalue weighted by molar-refractivity contribution is 0.627. The third kappa shape index (κ3) is 2.68. The lowest BCUT2D eigenvalue weighted by Gasteiger charge is -2.10. The molecule has 0 amide bonds. The van der Waals surface area contributed by atoms with Crippen LogP contribution in [0.3, 0.4) is 0 Å². The Morgan fingerprint density at radius 2 is 1.48 bits per heavy atom. The number of benzene rings is 4. The van der Waals surface area contributed by atoms with Crippen LogP contribution in [0, 0.1) is 12.7 Å². The van der Waals surface area contributed by atoms with E-state index in [2.05, 4.69) is 65.8 Å². The highest BCUT2D eigenvalue weighted by Gasteiger charge is 2.11. The number of hydrogen-bond acceptors (Lipinski definition) is 1. The zero-order valence-electron chi connectivity index (χ0n) is 14.9. The van der Waals surface area contributed by atoms with Gasteiger partial charge in [0.15, 0.2) is 0 Å². The molecule has 0 bridgehead atoms. The van der Waals surface area contributed by atoms with E-state index in [1.165, 1.54) is 33.7 Å². The normalized spacial score (nSPS) is 11.3. The summed E-state index contributed by atoms with van der Waals surface area (Å²) in [5, 5.41) is 9.53. The summed E-state index contributed by atoms with van der Waals surface area (Å²) in [6, 6.07) is 27.7. The van der Waals surface area contributed by atoms with Crippen molar-refractivity contribution < 1.29 is 4.39 Å². The molecule has 4 aromatic carbocycles. The number of aryl methyl sites for hydroxylation is 1. The second-order valence-electron chi connectivity index (χ2n) is 6.78. The summed E-state index contributed by atoms with van der Waals surface area (Å²) in [7, 11) is 0. The first-order valence-electron chi connectivity index (χ1n) is 8.93. The third-order valence-electron chi connectivity index (χ3n) is 4.94. The lowest BCUT2D eigenvalue weighted by Crippen LogP contribution is -1.99. The SMILES string of the molecule is Cc1cc(-c2ccc3c(ccc4ccccc43)c2)n(-c2ccc(F)cc2)n1. The van der Waals surface area contributed by atoms with Crippen LogP contribution in [0.1, 0.15) is 5.69 Å². The Labute approximate surface area is 156 Å². The van der Waals surface area contributed by atoms with Gasteiger partial charge in [-0.05, 0) is 64.9 Å². The first-order valence-corrected chi connectivity index (χ1v) is 8.93. The molecule has 0 fully saturated rings. The average Bonchev–Trinajstić information content (AvgIpc) is 3.09. The molecular formula is C24H17FN2. The van der Waals surface area contributed by atoms with Gasteiger partial charge in [-0.1, -0.05) is 48.5 Å². The molecule has 3 heteroatoms. The Balaban J connectivity index is 1.70. The molecule has 0 radical (unpaired) electrons. The van der Waals surface area contributed by atoms with Gasteiger partial charge in [0, 0.05) is 5.56 Å². The first-order chi connectivity index (χ1) is 13.2. The fraction of sp³-hybridized carbons (Fsp3) is 0.0417. The average molecular weight is 352 g/mol. The molecule has 0 N–H and O–H groups in total. The number of aromatic nitrogens is 2. The van der Waals surface area contributed by atoms with Crippen molar-refractivity contribution in [2.75, 3.05) is 0 Å². The zero-order valence-corrected chi connectivity index (χ0v) is 14.9. The van der Waals surface area contributed by atoms with Crippen LogP contribution in [0.2, 0.25) is 0 Å². The van der Waals surface area contributed by atoms with Crippen LogP contribution in [-0.4, -0.2) is 9.78 Å². The molecule has 27 heavy (non-hydrogen) atoms. The van der Waals surface area contributed by atoms with Crippen LogP contribution in [0.25, 0.3) is 38.5 Å². The summed E-state index contributed by atoms with van der Waals surface area (Å²) in [4.78, 5) is 0. The molecule has 5 aromatic rings. The van der Waals surface area contributed by atoms with E-state index in [9.17, 15) is 4.39 Å². The summed E-state index contributed by atoms with van der Waals surface area (Å²) in [6.45, 7) is 1.97. The summed E-state index contributed by atoms with van der Waals surface area (Å²) < 4.78 is 15.2. The van der Waals surface area contributed by atoms with E-state index < -0.39 is 0 Å². The molecule has 130 valence electrons. The van der Waals surface area contributed by atoms with Crippen molar-refractivity contribution >= 4 is 21.5 Å². The highest BCUT2D eigenvalue weighted by Crippen LogP contribution is 2.31. The van der Waals surface area contributed by atoms with Crippen molar-refractivity contribution in [3.8, 4) is 16.9 Å². The Morgan fingerprint density at radius 3 is 2.33 bits per heavy atom. The van der Waals surface area contributed by atoms with Gasteiger partial charge in [0.05, 0.1) is 17.1 Å². The Hall–Kier alpha value is -3.46. The molecule has 0 saturated carbocycles. The van der Waals surface area contributed by atoms with E-state index in [0.29, 0.717) is 0 Å². The van der Waals surface area contributed by atoms with Crippen molar-refractivity contribution in [1.29, 1.82) is 0 Å². The van der Waals surface area contributed by atoms with Gasteiger partial charge in [-0.3, -0.25) is 0 Å². The van der Waals surface area contributed by atoms with Crippen LogP contribution in [0.4, 0.5) is 4.39 Å². The van der Waals surface area contributed by atoms with Crippen molar-refractivity contribution in [2.45, 2.75) is 6.92 Å². The van der Waals surface area contributed by atoms with E-state index >= 15 is 0 Å². The summed E-state index contributed by atoms with van der Waals surface area (Å²) in [5.41, 5.74) is 3.85. The fourth-order valence-electron chi connectivity index (χ4n) is 3.66. The Kier molecular flexibility index (Phi) is 3.54. The number of fused-ring (bicyclic) bond motifs is 3. The predicted molar refractivity (Wildman–Crippen MR) is 109 cm³/mol. The summed E-state index contributed by atoms with van der Waals surface area (Å²) in [6.07, 6.45) is 0. The smallest absolute Gasteiger partial charge is 0.123 e. The van der Waals surface area contributed by atoms with Gasteiger partial charge in [-0.15, -0.1) is 0 Å². The number of hydrogen-bond donors (Lipinski definition) is 0. The molecule has 5 rings (SSSR count). The maximum atomic E-state index is 13.3. The minimum Gasteiger partial charge on any atom is -0.233 e. The monoisotopic (exact) mass is 352 g/mol. The first kappa shape index (κ1) is 15.8. The fourth-order valence-corrected chi connectivity index (χ4v) is 3.66. The largest absolute Gasteiger partial charge is 0.233 e. The highest BCUT2D eigenvalue weighted by molar-refractivity contribution is 6.08. The quantitative estimate of drug-likeness (QED) is 0.341. The van der Waals surface area contributed by atoms with E-state index in [0.717, 1.165) is 22.6 Å². The maximum absolute atomic E-state index is 13.3. The molecule has 1 heterocycles. The standard InChI is InChI=1S/C24H17FN2/c1-16-14-24(27(26-16)21-11-9-20(25)10-12-21)19-8-13-23-18(15-19)7-6-17-4-2-3-5-22(17)23/h2-15H,1H3. The predicted octanol–water partition coefficient (Wildman–Crippen LogP) is 6.29. The second kappa shape index (κ2) is 6.06.